The first-order valence-corrected chi connectivity index (χ1v) is 7.54. The third kappa shape index (κ3) is 2.88. The lowest BCUT2D eigenvalue weighted by molar-refractivity contribution is -0.883. The molecule has 1 aliphatic rings. The molecule has 106 valence electrons. The van der Waals surface area contributed by atoms with Crippen LogP contribution >= 0.6 is 0 Å². The summed E-state index contributed by atoms with van der Waals surface area (Å²) in [5.41, 5.74) is 0. The molecule has 1 fully saturated rings. The van der Waals surface area contributed by atoms with E-state index in [2.05, 4.69) is 0 Å². The maximum Gasteiger partial charge on any atom is 0.247 e. The summed E-state index contributed by atoms with van der Waals surface area (Å²) in [6.07, 6.45) is 0. The highest BCUT2D eigenvalue weighted by Crippen LogP contribution is 2.27. The molecule has 0 atom stereocenters. The summed E-state index contributed by atoms with van der Waals surface area (Å²) in [6, 6.07) is 3.54. The zero-order chi connectivity index (χ0) is 14.0. The summed E-state index contributed by atoms with van der Waals surface area (Å²) >= 11 is 0. The lowest BCUT2D eigenvalue weighted by atomic mass is 10.3. The first kappa shape index (κ1) is 14.2. The van der Waals surface area contributed by atoms with Crippen molar-refractivity contribution in [1.82, 2.24) is 4.31 Å². The van der Waals surface area contributed by atoms with E-state index in [1.165, 1.54) is 28.4 Å². The Balaban J connectivity index is 2.36. The molecule has 7 heteroatoms. The molecule has 0 spiro atoms. The fraction of sp³-hybridized carbons (Fsp3) is 0.500. The number of rotatable bonds is 3. The molecule has 0 amide bonds. The van der Waals surface area contributed by atoms with Gasteiger partial charge < -0.3 is 9.64 Å². The Kier molecular flexibility index (Phi) is 4.07. The molecule has 1 aromatic carbocycles. The van der Waals surface area contributed by atoms with Crippen molar-refractivity contribution in [3.05, 3.63) is 24.0 Å². The van der Waals surface area contributed by atoms with Crippen molar-refractivity contribution in [3.63, 3.8) is 0 Å². The summed E-state index contributed by atoms with van der Waals surface area (Å²) in [5, 5.41) is 0. The number of likely N-dealkylation sites (N-methyl/N-ethyl adjacent to an activating group) is 1. The summed E-state index contributed by atoms with van der Waals surface area (Å²) in [6.45, 7) is 2.37. The Bertz CT molecular complexity index is 554. The quantitative estimate of drug-likeness (QED) is 0.805. The Labute approximate surface area is 112 Å². The topological polar surface area (TPSA) is 51.1 Å². The van der Waals surface area contributed by atoms with Gasteiger partial charge in [0.1, 0.15) is 16.5 Å². The van der Waals surface area contributed by atoms with Gasteiger partial charge in [0.05, 0.1) is 40.3 Å². The van der Waals surface area contributed by atoms with E-state index in [1.54, 1.807) is 0 Å². The third-order valence-corrected chi connectivity index (χ3v) is 5.24. The van der Waals surface area contributed by atoms with Gasteiger partial charge in [0.15, 0.2) is 0 Å². The second kappa shape index (κ2) is 5.44. The first-order chi connectivity index (χ1) is 8.95. The Morgan fingerprint density at radius 3 is 2.53 bits per heavy atom. The minimum Gasteiger partial charge on any atom is -0.495 e. The molecular weight excluding hydrogens is 271 g/mol. The fourth-order valence-corrected chi connectivity index (χ4v) is 3.71. The van der Waals surface area contributed by atoms with E-state index in [4.69, 9.17) is 4.74 Å². The molecular formula is C12H18FN2O3S+. The number of ether oxygens (including phenoxy) is 1. The van der Waals surface area contributed by atoms with Gasteiger partial charge in [-0.15, -0.1) is 0 Å². The average Bonchev–Trinajstić information content (AvgIpc) is 2.39. The fourth-order valence-electron chi connectivity index (χ4n) is 2.10. The number of hydrogen-bond acceptors (Lipinski definition) is 3. The number of hydrogen-bond donors (Lipinski definition) is 1. The minimum atomic E-state index is -3.70. The number of piperazine rings is 1. The predicted octanol–water partition coefficient (Wildman–Crippen LogP) is -0.647. The van der Waals surface area contributed by atoms with E-state index >= 15 is 0 Å². The van der Waals surface area contributed by atoms with Gasteiger partial charge in [0.25, 0.3) is 0 Å². The zero-order valence-corrected chi connectivity index (χ0v) is 11.8. The lowest BCUT2D eigenvalue weighted by Gasteiger charge is -2.29. The van der Waals surface area contributed by atoms with Crippen LogP contribution in [0.4, 0.5) is 4.39 Å². The number of quaternary nitrogens is 1. The van der Waals surface area contributed by atoms with Crippen molar-refractivity contribution in [2.75, 3.05) is 40.3 Å². The monoisotopic (exact) mass is 289 g/mol. The van der Waals surface area contributed by atoms with E-state index in [1.807, 2.05) is 7.05 Å². The molecule has 1 aliphatic heterocycles. The van der Waals surface area contributed by atoms with Gasteiger partial charge in [0, 0.05) is 0 Å². The number of halogens is 1. The molecule has 0 saturated carbocycles. The molecule has 19 heavy (non-hydrogen) atoms. The largest absolute Gasteiger partial charge is 0.495 e. The van der Waals surface area contributed by atoms with E-state index in [-0.39, 0.29) is 10.6 Å². The summed E-state index contributed by atoms with van der Waals surface area (Å²) < 4.78 is 44.7. The van der Waals surface area contributed by atoms with Crippen LogP contribution in [0.25, 0.3) is 0 Å². The highest BCUT2D eigenvalue weighted by atomic mass is 32.2. The van der Waals surface area contributed by atoms with Gasteiger partial charge in [0.2, 0.25) is 10.0 Å². The van der Waals surface area contributed by atoms with Crippen molar-refractivity contribution in [1.29, 1.82) is 0 Å². The summed E-state index contributed by atoms with van der Waals surface area (Å²) in [5.74, 6) is -0.410. The van der Waals surface area contributed by atoms with Crippen LogP contribution in [0.5, 0.6) is 5.75 Å². The van der Waals surface area contributed by atoms with Gasteiger partial charge in [-0.1, -0.05) is 0 Å². The Morgan fingerprint density at radius 2 is 1.95 bits per heavy atom. The second-order valence-electron chi connectivity index (χ2n) is 4.66. The highest BCUT2D eigenvalue weighted by molar-refractivity contribution is 7.89. The first-order valence-electron chi connectivity index (χ1n) is 6.10. The van der Waals surface area contributed by atoms with E-state index in [9.17, 15) is 12.8 Å². The molecule has 0 aromatic heterocycles. The molecule has 1 saturated heterocycles. The van der Waals surface area contributed by atoms with Crippen LogP contribution in [0.1, 0.15) is 0 Å². The molecule has 5 nitrogen and oxygen atoms in total. The van der Waals surface area contributed by atoms with Crippen LogP contribution < -0.4 is 9.64 Å². The molecule has 1 aromatic rings. The molecule has 0 bridgehead atoms. The number of nitrogens with zero attached hydrogens (tertiary/aromatic N) is 1. The average molecular weight is 289 g/mol. The molecule has 0 radical (unpaired) electrons. The van der Waals surface area contributed by atoms with Crippen molar-refractivity contribution in [3.8, 4) is 5.75 Å². The van der Waals surface area contributed by atoms with Gasteiger partial charge in [-0.2, -0.15) is 4.31 Å². The van der Waals surface area contributed by atoms with Crippen LogP contribution in [0.2, 0.25) is 0 Å². The highest BCUT2D eigenvalue weighted by Gasteiger charge is 2.31. The van der Waals surface area contributed by atoms with Gasteiger partial charge in [-0.05, 0) is 18.2 Å². The third-order valence-electron chi connectivity index (χ3n) is 3.32. The molecule has 0 unspecified atom stereocenters. The van der Waals surface area contributed by atoms with Gasteiger partial charge in [-0.3, -0.25) is 0 Å². The predicted molar refractivity (Wildman–Crippen MR) is 68.3 cm³/mol. The van der Waals surface area contributed by atoms with E-state index in [0.717, 1.165) is 19.2 Å². The van der Waals surface area contributed by atoms with Crippen molar-refractivity contribution >= 4 is 10.0 Å². The molecule has 0 aliphatic carbocycles. The van der Waals surface area contributed by atoms with E-state index in [0.29, 0.717) is 13.1 Å². The van der Waals surface area contributed by atoms with Crippen LogP contribution in [-0.4, -0.2) is 53.1 Å². The van der Waals surface area contributed by atoms with E-state index < -0.39 is 15.8 Å². The molecule has 2 rings (SSSR count). The van der Waals surface area contributed by atoms with Crippen molar-refractivity contribution < 1.29 is 22.4 Å². The normalized spacial score (nSPS) is 18.5. The maximum absolute atomic E-state index is 13.3. The summed E-state index contributed by atoms with van der Waals surface area (Å²) in [7, 11) is -0.300. The number of methoxy groups -OCH3 is 1. The summed E-state index contributed by atoms with van der Waals surface area (Å²) in [4.78, 5) is 1.19. The number of benzene rings is 1. The zero-order valence-electron chi connectivity index (χ0n) is 11.0. The number of nitrogens with one attached hydrogen (secondary N) is 1. The van der Waals surface area contributed by atoms with Gasteiger partial charge in [-0.25, -0.2) is 12.8 Å². The van der Waals surface area contributed by atoms with Crippen LogP contribution in [0, 0.1) is 5.82 Å². The molecule has 1 heterocycles. The van der Waals surface area contributed by atoms with Crippen molar-refractivity contribution in [2.24, 2.45) is 0 Å². The number of sulfonamides is 1. The SMILES string of the molecule is COc1ccc(F)cc1S(=O)(=O)N1CC[NH+](C)CC1. The van der Waals surface area contributed by atoms with Crippen molar-refractivity contribution in [2.45, 2.75) is 4.90 Å². The Morgan fingerprint density at radius 1 is 1.32 bits per heavy atom. The van der Waals surface area contributed by atoms with Crippen LogP contribution in [-0.2, 0) is 10.0 Å². The minimum absolute atomic E-state index is 0.102. The van der Waals surface area contributed by atoms with Crippen LogP contribution in [0.15, 0.2) is 23.1 Å². The standard InChI is InChI=1S/C12H17FN2O3S/c1-14-5-7-15(8-6-14)19(16,17)12-9-10(13)3-4-11(12)18-2/h3-4,9H,5-8H2,1-2H3/p+1. The second-order valence-corrected chi connectivity index (χ2v) is 6.56. The smallest absolute Gasteiger partial charge is 0.247 e. The van der Waals surface area contributed by atoms with Gasteiger partial charge >= 0.3 is 0 Å². The molecule has 1 N–H and O–H groups in total. The Hall–Kier alpha value is -1.18. The van der Waals surface area contributed by atoms with Crippen LogP contribution in [0.3, 0.4) is 0 Å². The lowest BCUT2D eigenvalue weighted by Crippen LogP contribution is -3.12. The maximum atomic E-state index is 13.3.